The number of ether oxygens (including phenoxy) is 3. The summed E-state index contributed by atoms with van der Waals surface area (Å²) in [5, 5.41) is 2.90. The second kappa shape index (κ2) is 8.75. The van der Waals surface area contributed by atoms with Crippen LogP contribution in [0.3, 0.4) is 0 Å². The number of amides is 2. The number of carbonyl (C=O) groups excluding carboxylic acids is 2. The van der Waals surface area contributed by atoms with E-state index in [2.05, 4.69) is 5.32 Å². The first-order valence-corrected chi connectivity index (χ1v) is 9.03. The normalized spacial score (nSPS) is 12.9. The van der Waals surface area contributed by atoms with E-state index in [-0.39, 0.29) is 18.4 Å². The third kappa shape index (κ3) is 4.09. The monoisotopic (exact) mass is 384 g/mol. The van der Waals surface area contributed by atoms with Gasteiger partial charge in [-0.1, -0.05) is 0 Å². The van der Waals surface area contributed by atoms with Crippen molar-refractivity contribution < 1.29 is 23.8 Å². The zero-order valence-corrected chi connectivity index (χ0v) is 16.3. The van der Waals surface area contributed by atoms with Crippen LogP contribution in [0.15, 0.2) is 36.4 Å². The maximum Gasteiger partial charge on any atom is 0.259 e. The summed E-state index contributed by atoms with van der Waals surface area (Å²) in [7, 11) is 4.58. The molecule has 0 fully saturated rings. The number of nitrogens with zero attached hydrogens (tertiary/aromatic N) is 1. The third-order valence-corrected chi connectivity index (χ3v) is 4.68. The Morgan fingerprint density at radius 3 is 2.61 bits per heavy atom. The fraction of sp³-hybridized carbons (Fsp3) is 0.333. The van der Waals surface area contributed by atoms with Crippen molar-refractivity contribution in [1.29, 1.82) is 0 Å². The highest BCUT2D eigenvalue weighted by Crippen LogP contribution is 2.31. The highest BCUT2D eigenvalue weighted by atomic mass is 16.5. The number of hydrogen-bond donors (Lipinski definition) is 1. The summed E-state index contributed by atoms with van der Waals surface area (Å²) >= 11 is 0. The van der Waals surface area contributed by atoms with Gasteiger partial charge in [0.2, 0.25) is 0 Å². The number of anilines is 2. The topological polar surface area (TPSA) is 77.1 Å². The Hall–Kier alpha value is -3.06. The Morgan fingerprint density at radius 1 is 1.07 bits per heavy atom. The third-order valence-electron chi connectivity index (χ3n) is 4.68. The van der Waals surface area contributed by atoms with Gasteiger partial charge in [-0.25, -0.2) is 0 Å². The molecule has 1 aliphatic rings. The first kappa shape index (κ1) is 19.7. The molecular weight excluding hydrogens is 360 g/mol. The molecule has 0 unspecified atom stereocenters. The molecule has 0 aliphatic carbocycles. The number of carbonyl (C=O) groups is 2. The predicted octanol–water partition coefficient (Wildman–Crippen LogP) is 2.88. The first-order valence-electron chi connectivity index (χ1n) is 9.03. The Kier molecular flexibility index (Phi) is 6.16. The second-order valence-corrected chi connectivity index (χ2v) is 6.45. The SMILES string of the molecule is COCC(=O)N1CCCc2cc(NC(=O)c3ccc(OC)cc3OC)ccc21. The molecule has 1 N–H and O–H groups in total. The summed E-state index contributed by atoms with van der Waals surface area (Å²) in [6.45, 7) is 0.721. The van der Waals surface area contributed by atoms with E-state index < -0.39 is 0 Å². The number of benzene rings is 2. The van der Waals surface area contributed by atoms with E-state index in [4.69, 9.17) is 14.2 Å². The molecule has 2 amide bonds. The summed E-state index contributed by atoms with van der Waals surface area (Å²) in [6.07, 6.45) is 1.72. The molecule has 0 bridgehead atoms. The van der Waals surface area contributed by atoms with Crippen molar-refractivity contribution in [3.63, 3.8) is 0 Å². The van der Waals surface area contributed by atoms with E-state index in [1.165, 1.54) is 14.2 Å². The minimum atomic E-state index is -0.275. The molecule has 2 aromatic carbocycles. The number of hydrogen-bond acceptors (Lipinski definition) is 5. The minimum absolute atomic E-state index is 0.0508. The Morgan fingerprint density at radius 2 is 1.89 bits per heavy atom. The minimum Gasteiger partial charge on any atom is -0.497 e. The van der Waals surface area contributed by atoms with Gasteiger partial charge in [-0.2, -0.15) is 0 Å². The lowest BCUT2D eigenvalue weighted by atomic mass is 10.0. The van der Waals surface area contributed by atoms with Crippen molar-refractivity contribution in [1.82, 2.24) is 0 Å². The predicted molar refractivity (Wildman–Crippen MR) is 106 cm³/mol. The van der Waals surface area contributed by atoms with Crippen LogP contribution in [0.25, 0.3) is 0 Å². The lowest BCUT2D eigenvalue weighted by Gasteiger charge is -2.29. The van der Waals surface area contributed by atoms with Gasteiger partial charge < -0.3 is 24.4 Å². The maximum atomic E-state index is 12.7. The van der Waals surface area contributed by atoms with E-state index in [1.807, 2.05) is 12.1 Å². The molecule has 1 heterocycles. The van der Waals surface area contributed by atoms with E-state index in [0.29, 0.717) is 29.3 Å². The molecule has 2 aromatic rings. The Balaban J connectivity index is 1.81. The summed E-state index contributed by atoms with van der Waals surface area (Å²) < 4.78 is 15.4. The van der Waals surface area contributed by atoms with E-state index in [9.17, 15) is 9.59 Å². The van der Waals surface area contributed by atoms with Crippen molar-refractivity contribution >= 4 is 23.2 Å². The molecule has 148 valence electrons. The van der Waals surface area contributed by atoms with Crippen LogP contribution < -0.4 is 19.7 Å². The van der Waals surface area contributed by atoms with E-state index >= 15 is 0 Å². The summed E-state index contributed by atoms with van der Waals surface area (Å²) in [5.41, 5.74) is 2.98. The summed E-state index contributed by atoms with van der Waals surface area (Å²) in [6, 6.07) is 10.6. The Labute approximate surface area is 164 Å². The quantitative estimate of drug-likeness (QED) is 0.829. The van der Waals surface area contributed by atoms with Crippen LogP contribution in [0.1, 0.15) is 22.3 Å². The molecular formula is C21H24N2O5. The van der Waals surface area contributed by atoms with Crippen LogP contribution in [0.5, 0.6) is 11.5 Å². The van der Waals surface area contributed by atoms with E-state index in [1.54, 1.807) is 36.3 Å². The van der Waals surface area contributed by atoms with Crippen LogP contribution in [0.2, 0.25) is 0 Å². The van der Waals surface area contributed by atoms with Crippen molar-refractivity contribution in [3.8, 4) is 11.5 Å². The van der Waals surface area contributed by atoms with Gasteiger partial charge in [-0.3, -0.25) is 9.59 Å². The summed E-state index contributed by atoms with van der Waals surface area (Å²) in [4.78, 5) is 26.7. The zero-order chi connectivity index (χ0) is 20.1. The van der Waals surface area contributed by atoms with Gasteiger partial charge >= 0.3 is 0 Å². The second-order valence-electron chi connectivity index (χ2n) is 6.45. The zero-order valence-electron chi connectivity index (χ0n) is 16.3. The van der Waals surface area contributed by atoms with Gasteiger partial charge in [0.25, 0.3) is 11.8 Å². The average Bonchev–Trinajstić information content (AvgIpc) is 2.72. The lowest BCUT2D eigenvalue weighted by Crippen LogP contribution is -2.37. The molecule has 1 aliphatic heterocycles. The van der Waals surface area contributed by atoms with Gasteiger partial charge in [-0.15, -0.1) is 0 Å². The molecule has 7 heteroatoms. The van der Waals surface area contributed by atoms with Crippen LogP contribution in [-0.2, 0) is 16.0 Å². The fourth-order valence-corrected chi connectivity index (χ4v) is 3.32. The number of rotatable bonds is 6. The summed E-state index contributed by atoms with van der Waals surface area (Å²) in [5.74, 6) is 0.708. The molecule has 28 heavy (non-hydrogen) atoms. The fourth-order valence-electron chi connectivity index (χ4n) is 3.32. The van der Waals surface area contributed by atoms with Crippen LogP contribution in [0.4, 0.5) is 11.4 Å². The highest BCUT2D eigenvalue weighted by Gasteiger charge is 2.23. The maximum absolute atomic E-state index is 12.7. The molecule has 3 rings (SSSR count). The average molecular weight is 384 g/mol. The van der Waals surface area contributed by atoms with E-state index in [0.717, 1.165) is 24.1 Å². The molecule has 0 atom stereocenters. The van der Waals surface area contributed by atoms with Crippen molar-refractivity contribution in [2.24, 2.45) is 0 Å². The van der Waals surface area contributed by atoms with Gasteiger partial charge in [-0.05, 0) is 48.7 Å². The van der Waals surface area contributed by atoms with Gasteiger partial charge in [0, 0.05) is 31.1 Å². The number of nitrogens with one attached hydrogen (secondary N) is 1. The molecule has 0 spiro atoms. The van der Waals surface area contributed by atoms with Gasteiger partial charge in [0.05, 0.1) is 19.8 Å². The van der Waals surface area contributed by atoms with Gasteiger partial charge in [0.1, 0.15) is 18.1 Å². The number of aryl methyl sites for hydroxylation is 1. The standard InChI is InChI=1S/C21H24N2O5/c1-26-13-20(24)23-10-4-5-14-11-15(6-9-18(14)23)22-21(25)17-8-7-16(27-2)12-19(17)28-3/h6-9,11-12H,4-5,10,13H2,1-3H3,(H,22,25). The lowest BCUT2D eigenvalue weighted by molar-refractivity contribution is -0.122. The molecule has 0 saturated heterocycles. The number of fused-ring (bicyclic) bond motifs is 1. The van der Waals surface area contributed by atoms with Crippen LogP contribution in [0, 0.1) is 0 Å². The van der Waals surface area contributed by atoms with Crippen molar-refractivity contribution in [2.45, 2.75) is 12.8 Å². The number of methoxy groups -OCH3 is 3. The largest absolute Gasteiger partial charge is 0.497 e. The highest BCUT2D eigenvalue weighted by molar-refractivity contribution is 6.06. The Bertz CT molecular complexity index is 881. The van der Waals surface area contributed by atoms with Crippen LogP contribution in [-0.4, -0.2) is 46.3 Å². The molecule has 7 nitrogen and oxygen atoms in total. The smallest absolute Gasteiger partial charge is 0.259 e. The molecule has 0 aromatic heterocycles. The van der Waals surface area contributed by atoms with Crippen molar-refractivity contribution in [3.05, 3.63) is 47.5 Å². The molecule has 0 saturated carbocycles. The van der Waals surface area contributed by atoms with Crippen LogP contribution >= 0.6 is 0 Å². The molecule has 0 radical (unpaired) electrons. The van der Waals surface area contributed by atoms with Gasteiger partial charge in [0.15, 0.2) is 0 Å². The first-order chi connectivity index (χ1) is 13.6. The van der Waals surface area contributed by atoms with Crippen molar-refractivity contribution in [2.75, 3.05) is 44.7 Å².